The molecule has 2 aromatic carbocycles. The van der Waals surface area contributed by atoms with E-state index in [1.165, 1.54) is 11.1 Å². The zero-order valence-corrected chi connectivity index (χ0v) is 22.4. The molecular weight excluding hydrogens is 434 g/mol. The van der Waals surface area contributed by atoms with Gasteiger partial charge in [-0.25, -0.2) is 0 Å². The van der Waals surface area contributed by atoms with Crippen LogP contribution in [-0.4, -0.2) is 17.6 Å². The third kappa shape index (κ3) is 5.48. The minimum atomic E-state index is -1.67. The highest BCUT2D eigenvalue weighted by atomic mass is 16.5. The molecule has 0 aliphatic heterocycles. The summed E-state index contributed by atoms with van der Waals surface area (Å²) in [6, 6.07) is 14.1. The van der Waals surface area contributed by atoms with Crippen molar-refractivity contribution in [3.05, 3.63) is 70.8 Å². The second-order valence-corrected chi connectivity index (χ2v) is 11.2. The van der Waals surface area contributed by atoms with Crippen LogP contribution in [0.5, 0.6) is 5.75 Å². The number of unbranched alkanes of at least 4 members (excludes halogenated alkanes) is 1. The van der Waals surface area contributed by atoms with E-state index in [-0.39, 0.29) is 16.7 Å². The number of hydrogen-bond acceptors (Lipinski definition) is 3. The largest absolute Gasteiger partial charge is 0.493 e. The van der Waals surface area contributed by atoms with Crippen molar-refractivity contribution in [2.75, 3.05) is 6.61 Å². The van der Waals surface area contributed by atoms with Gasteiger partial charge >= 0.3 is 0 Å². The first-order chi connectivity index (χ1) is 16.5. The van der Waals surface area contributed by atoms with Crippen LogP contribution in [0.4, 0.5) is 0 Å². The molecule has 0 saturated carbocycles. The summed E-state index contributed by atoms with van der Waals surface area (Å²) in [5, 5.41) is 11.3. The summed E-state index contributed by atoms with van der Waals surface area (Å²) >= 11 is 0. The quantitative estimate of drug-likeness (QED) is 0.357. The van der Waals surface area contributed by atoms with Gasteiger partial charge in [-0.15, -0.1) is 0 Å². The first-order valence-corrected chi connectivity index (χ1v) is 13.0. The molecule has 0 aromatic heterocycles. The van der Waals surface area contributed by atoms with E-state index in [0.717, 1.165) is 37.0 Å². The van der Waals surface area contributed by atoms with Gasteiger partial charge in [0.25, 0.3) is 5.91 Å². The second kappa shape index (κ2) is 10.6. The third-order valence-corrected chi connectivity index (χ3v) is 8.22. The predicted octanol–water partition coefficient (Wildman–Crippen LogP) is 6.63. The number of carbonyl (C=O) groups excluding carboxylic acids is 1. The standard InChI is InChI=1S/C31H43NO3/c1-7-29(3,4)24-18-19-27(26(21-24)30(5,6)8-2)35-20-12-11-14-23-17-16-22-13-9-10-15-25(22)31(23,34)28(32)33/h9-10,13,15-19,21,23,34H,7-8,11-12,14,20H2,1-6H3,(H2,32,33). The van der Waals surface area contributed by atoms with Crippen molar-refractivity contribution in [3.8, 4) is 5.75 Å². The molecule has 0 heterocycles. The second-order valence-electron chi connectivity index (χ2n) is 11.2. The molecule has 0 fully saturated rings. The van der Waals surface area contributed by atoms with Gasteiger partial charge in [-0.2, -0.15) is 0 Å². The summed E-state index contributed by atoms with van der Waals surface area (Å²) < 4.78 is 6.30. The first-order valence-electron chi connectivity index (χ1n) is 13.0. The molecule has 0 bridgehead atoms. The lowest BCUT2D eigenvalue weighted by Crippen LogP contribution is -2.48. The zero-order valence-electron chi connectivity index (χ0n) is 22.4. The summed E-state index contributed by atoms with van der Waals surface area (Å²) in [6.45, 7) is 14.2. The monoisotopic (exact) mass is 477 g/mol. The predicted molar refractivity (Wildman–Crippen MR) is 144 cm³/mol. The van der Waals surface area contributed by atoms with Gasteiger partial charge in [0.05, 0.1) is 6.61 Å². The summed E-state index contributed by atoms with van der Waals surface area (Å²) in [4.78, 5) is 12.3. The zero-order chi connectivity index (χ0) is 25.9. The molecule has 0 radical (unpaired) electrons. The summed E-state index contributed by atoms with van der Waals surface area (Å²) in [6.07, 6.45) is 8.31. The highest BCUT2D eigenvalue weighted by Crippen LogP contribution is 2.41. The van der Waals surface area contributed by atoms with Gasteiger partial charge in [-0.3, -0.25) is 4.79 Å². The SMILES string of the molecule is CCC(C)(C)c1ccc(OCCCCC2C=Cc3ccccc3C2(O)C(N)=O)c(C(C)(C)CC)c1. The number of benzene rings is 2. The number of rotatable bonds is 11. The van der Waals surface area contributed by atoms with Crippen LogP contribution >= 0.6 is 0 Å². The summed E-state index contributed by atoms with van der Waals surface area (Å²) in [5.74, 6) is -0.0928. The molecule has 190 valence electrons. The van der Waals surface area contributed by atoms with Gasteiger partial charge in [0.1, 0.15) is 5.75 Å². The Morgan fingerprint density at radius 3 is 2.37 bits per heavy atom. The van der Waals surface area contributed by atoms with Crippen molar-refractivity contribution in [1.29, 1.82) is 0 Å². The average Bonchev–Trinajstić information content (AvgIpc) is 2.85. The maximum absolute atomic E-state index is 12.3. The van der Waals surface area contributed by atoms with Crippen LogP contribution in [0.25, 0.3) is 6.08 Å². The number of hydrogen-bond donors (Lipinski definition) is 2. The molecule has 0 saturated heterocycles. The van der Waals surface area contributed by atoms with Crippen LogP contribution in [-0.2, 0) is 21.2 Å². The Bertz CT molecular complexity index is 1070. The molecule has 3 N–H and O–H groups in total. The van der Waals surface area contributed by atoms with Crippen molar-refractivity contribution in [3.63, 3.8) is 0 Å². The molecule has 35 heavy (non-hydrogen) atoms. The Hall–Kier alpha value is -2.59. The Kier molecular flexibility index (Phi) is 8.16. The van der Waals surface area contributed by atoms with E-state index >= 15 is 0 Å². The lowest BCUT2D eigenvalue weighted by atomic mass is 9.73. The van der Waals surface area contributed by atoms with Crippen LogP contribution in [0, 0.1) is 5.92 Å². The molecule has 4 heteroatoms. The van der Waals surface area contributed by atoms with Gasteiger partial charge < -0.3 is 15.6 Å². The smallest absolute Gasteiger partial charge is 0.254 e. The highest BCUT2D eigenvalue weighted by Gasteiger charge is 2.45. The van der Waals surface area contributed by atoms with E-state index in [0.29, 0.717) is 18.6 Å². The van der Waals surface area contributed by atoms with Gasteiger partial charge in [-0.05, 0) is 60.1 Å². The molecule has 0 spiro atoms. The molecule has 2 aromatic rings. The van der Waals surface area contributed by atoms with Crippen molar-refractivity contribution in [2.24, 2.45) is 11.7 Å². The summed E-state index contributed by atoms with van der Waals surface area (Å²) in [7, 11) is 0. The van der Waals surface area contributed by atoms with Crippen LogP contribution in [0.3, 0.4) is 0 Å². The van der Waals surface area contributed by atoms with E-state index in [1.807, 2.05) is 30.4 Å². The van der Waals surface area contributed by atoms with Crippen LogP contribution in [0.2, 0.25) is 0 Å². The highest BCUT2D eigenvalue weighted by molar-refractivity contribution is 5.88. The van der Waals surface area contributed by atoms with Crippen LogP contribution < -0.4 is 10.5 Å². The molecule has 2 unspecified atom stereocenters. The Labute approximate surface area is 211 Å². The van der Waals surface area contributed by atoms with E-state index in [1.54, 1.807) is 6.07 Å². The fourth-order valence-electron chi connectivity index (χ4n) is 4.82. The molecule has 4 nitrogen and oxygen atoms in total. The Balaban J connectivity index is 1.67. The minimum Gasteiger partial charge on any atom is -0.493 e. The molecule has 1 aliphatic rings. The lowest BCUT2D eigenvalue weighted by Gasteiger charge is -2.36. The summed E-state index contributed by atoms with van der Waals surface area (Å²) in [5.41, 5.74) is 8.20. The topological polar surface area (TPSA) is 72.6 Å². The molecule has 2 atom stereocenters. The Morgan fingerprint density at radius 2 is 1.71 bits per heavy atom. The minimum absolute atomic E-state index is 0.0213. The normalized spacial score (nSPS) is 19.9. The molecule has 1 amide bonds. The fourth-order valence-corrected chi connectivity index (χ4v) is 4.82. The number of amides is 1. The number of carbonyl (C=O) groups is 1. The van der Waals surface area contributed by atoms with Gasteiger partial charge in [0, 0.05) is 17.0 Å². The first kappa shape index (κ1) is 27.0. The maximum atomic E-state index is 12.3. The Morgan fingerprint density at radius 1 is 1.03 bits per heavy atom. The number of ether oxygens (including phenoxy) is 1. The van der Waals surface area contributed by atoms with Crippen molar-refractivity contribution >= 4 is 12.0 Å². The lowest BCUT2D eigenvalue weighted by molar-refractivity contribution is -0.142. The van der Waals surface area contributed by atoms with Gasteiger partial charge in [-0.1, -0.05) is 90.1 Å². The third-order valence-electron chi connectivity index (χ3n) is 8.22. The number of nitrogens with two attached hydrogens (primary N) is 1. The number of fused-ring (bicyclic) bond motifs is 1. The molecular formula is C31H43NO3. The maximum Gasteiger partial charge on any atom is 0.254 e. The van der Waals surface area contributed by atoms with E-state index in [9.17, 15) is 9.90 Å². The number of primary amides is 1. The van der Waals surface area contributed by atoms with Crippen molar-refractivity contribution in [1.82, 2.24) is 0 Å². The van der Waals surface area contributed by atoms with Crippen LogP contribution in [0.1, 0.15) is 95.9 Å². The van der Waals surface area contributed by atoms with E-state index < -0.39 is 11.5 Å². The number of aliphatic hydroxyl groups is 1. The molecule has 1 aliphatic carbocycles. The van der Waals surface area contributed by atoms with Gasteiger partial charge in [0.15, 0.2) is 5.60 Å². The molecule has 3 rings (SSSR count). The average molecular weight is 478 g/mol. The van der Waals surface area contributed by atoms with Crippen molar-refractivity contribution in [2.45, 2.75) is 90.1 Å². The van der Waals surface area contributed by atoms with Crippen LogP contribution in [0.15, 0.2) is 48.5 Å². The fraction of sp³-hybridized carbons (Fsp3) is 0.516. The van der Waals surface area contributed by atoms with Crippen molar-refractivity contribution < 1.29 is 14.6 Å². The van der Waals surface area contributed by atoms with E-state index in [4.69, 9.17) is 10.5 Å². The van der Waals surface area contributed by atoms with Gasteiger partial charge in [0.2, 0.25) is 0 Å². The van der Waals surface area contributed by atoms with E-state index in [2.05, 4.69) is 59.7 Å².